The van der Waals surface area contributed by atoms with Gasteiger partial charge in [-0.05, 0) is 45.5 Å². The lowest BCUT2D eigenvalue weighted by Gasteiger charge is -2.21. The van der Waals surface area contributed by atoms with Crippen molar-refractivity contribution in [3.05, 3.63) is 11.9 Å². The lowest BCUT2D eigenvalue weighted by Crippen LogP contribution is -2.28. The smallest absolute Gasteiger partial charge is 0.161 e. The Morgan fingerprint density at radius 3 is 2.81 bits per heavy atom. The van der Waals surface area contributed by atoms with E-state index in [9.17, 15) is 0 Å². The third-order valence-corrected chi connectivity index (χ3v) is 4.05. The molecule has 0 bridgehead atoms. The zero-order valence-electron chi connectivity index (χ0n) is 14.1. The second-order valence-corrected chi connectivity index (χ2v) is 6.40. The van der Waals surface area contributed by atoms with Gasteiger partial charge in [0.25, 0.3) is 0 Å². The summed E-state index contributed by atoms with van der Waals surface area (Å²) in [7, 11) is 5.89. The molecule has 0 saturated carbocycles. The van der Waals surface area contributed by atoms with Crippen LogP contribution < -0.4 is 10.1 Å². The fourth-order valence-electron chi connectivity index (χ4n) is 2.25. The first-order chi connectivity index (χ1) is 10.1. The Morgan fingerprint density at radius 2 is 2.24 bits per heavy atom. The third kappa shape index (κ3) is 5.88. The quantitative estimate of drug-likeness (QED) is 0.678. The van der Waals surface area contributed by atoms with Gasteiger partial charge in [0.05, 0.1) is 31.6 Å². The first kappa shape index (κ1) is 18.3. The van der Waals surface area contributed by atoms with Gasteiger partial charge in [-0.3, -0.25) is 4.68 Å². The van der Waals surface area contributed by atoms with Gasteiger partial charge in [0.15, 0.2) is 5.75 Å². The van der Waals surface area contributed by atoms with Gasteiger partial charge in [0.1, 0.15) is 0 Å². The summed E-state index contributed by atoms with van der Waals surface area (Å²) >= 11 is 1.88. The van der Waals surface area contributed by atoms with E-state index in [1.165, 1.54) is 5.69 Å². The molecule has 0 aliphatic rings. The Bertz CT molecular complexity index is 387. The summed E-state index contributed by atoms with van der Waals surface area (Å²) in [6.07, 6.45) is 6.21. The fraction of sp³-hybridized carbons (Fsp3) is 0.800. The Balaban J connectivity index is 2.92. The molecule has 1 rings (SSSR count). The second-order valence-electron chi connectivity index (χ2n) is 5.41. The lowest BCUT2D eigenvalue weighted by atomic mass is 10.1. The first-order valence-corrected chi connectivity index (χ1v) is 9.00. The van der Waals surface area contributed by atoms with Gasteiger partial charge in [-0.25, -0.2) is 0 Å². The van der Waals surface area contributed by atoms with Gasteiger partial charge in [-0.1, -0.05) is 6.92 Å². The maximum absolute atomic E-state index is 5.53. The molecule has 1 unspecified atom stereocenters. The van der Waals surface area contributed by atoms with Crippen LogP contribution in [0.4, 0.5) is 0 Å². The summed E-state index contributed by atoms with van der Waals surface area (Å²) in [5.74, 6) is 2.02. The number of aromatic nitrogens is 2. The highest BCUT2D eigenvalue weighted by atomic mass is 32.2. The molecule has 1 N–H and O–H groups in total. The zero-order valence-corrected chi connectivity index (χ0v) is 14.9. The van der Waals surface area contributed by atoms with Crippen LogP contribution in [-0.4, -0.2) is 61.0 Å². The minimum absolute atomic E-state index is 0.303. The number of methoxy groups -OCH3 is 1. The van der Waals surface area contributed by atoms with Gasteiger partial charge < -0.3 is 15.0 Å². The zero-order chi connectivity index (χ0) is 15.7. The van der Waals surface area contributed by atoms with Crippen LogP contribution in [0.2, 0.25) is 0 Å². The molecule has 1 heterocycles. The number of nitrogens with zero attached hydrogens (tertiary/aromatic N) is 3. The molecule has 5 nitrogen and oxygen atoms in total. The van der Waals surface area contributed by atoms with Crippen LogP contribution in [0.3, 0.4) is 0 Å². The van der Waals surface area contributed by atoms with Gasteiger partial charge in [-0.2, -0.15) is 16.9 Å². The number of rotatable bonds is 11. The van der Waals surface area contributed by atoms with E-state index in [4.69, 9.17) is 4.74 Å². The molecule has 21 heavy (non-hydrogen) atoms. The summed E-state index contributed by atoms with van der Waals surface area (Å²) in [6, 6.07) is 0.303. The van der Waals surface area contributed by atoms with Crippen molar-refractivity contribution in [1.82, 2.24) is 20.0 Å². The Labute approximate surface area is 133 Å². The van der Waals surface area contributed by atoms with Gasteiger partial charge >= 0.3 is 0 Å². The van der Waals surface area contributed by atoms with Crippen molar-refractivity contribution in [3.8, 4) is 5.75 Å². The van der Waals surface area contributed by atoms with E-state index < -0.39 is 0 Å². The van der Waals surface area contributed by atoms with E-state index in [0.29, 0.717) is 6.04 Å². The highest BCUT2D eigenvalue weighted by Crippen LogP contribution is 2.28. The molecule has 0 saturated heterocycles. The van der Waals surface area contributed by atoms with E-state index in [0.717, 1.165) is 44.0 Å². The van der Waals surface area contributed by atoms with Crippen molar-refractivity contribution in [1.29, 1.82) is 0 Å². The summed E-state index contributed by atoms with van der Waals surface area (Å²) < 4.78 is 7.62. The molecule has 0 aliphatic carbocycles. The van der Waals surface area contributed by atoms with E-state index in [1.807, 2.05) is 18.0 Å². The maximum atomic E-state index is 5.53. The number of hydrogen-bond acceptors (Lipinski definition) is 5. The minimum atomic E-state index is 0.303. The molecule has 0 spiro atoms. The van der Waals surface area contributed by atoms with Crippen molar-refractivity contribution in [2.24, 2.45) is 0 Å². The molecule has 0 radical (unpaired) electrons. The van der Waals surface area contributed by atoms with Crippen molar-refractivity contribution >= 4 is 11.8 Å². The number of thioether (sulfide) groups is 1. The number of hydrogen-bond donors (Lipinski definition) is 1. The van der Waals surface area contributed by atoms with Crippen LogP contribution in [0.5, 0.6) is 5.75 Å². The van der Waals surface area contributed by atoms with Crippen LogP contribution in [0.1, 0.15) is 31.5 Å². The molecule has 0 aliphatic heterocycles. The fourth-order valence-corrected chi connectivity index (χ4v) is 2.72. The molecule has 1 aromatic rings. The van der Waals surface area contributed by atoms with E-state index >= 15 is 0 Å². The normalized spacial score (nSPS) is 12.9. The molecule has 6 heteroatoms. The molecule has 122 valence electrons. The average molecular weight is 314 g/mol. The van der Waals surface area contributed by atoms with E-state index in [1.54, 1.807) is 7.11 Å². The van der Waals surface area contributed by atoms with Crippen LogP contribution >= 0.6 is 11.8 Å². The van der Waals surface area contributed by atoms with E-state index in [2.05, 4.69) is 47.3 Å². The van der Waals surface area contributed by atoms with Crippen LogP contribution in [0.25, 0.3) is 0 Å². The molecule has 1 aromatic heterocycles. The third-order valence-electron chi connectivity index (χ3n) is 3.41. The van der Waals surface area contributed by atoms with Crippen LogP contribution in [0.15, 0.2) is 6.20 Å². The van der Waals surface area contributed by atoms with Crippen molar-refractivity contribution in [2.45, 2.75) is 32.4 Å². The van der Waals surface area contributed by atoms with Crippen LogP contribution in [0, 0.1) is 0 Å². The largest absolute Gasteiger partial charge is 0.493 e. The minimum Gasteiger partial charge on any atom is -0.493 e. The predicted molar refractivity (Wildman–Crippen MR) is 91.4 cm³/mol. The average Bonchev–Trinajstić information content (AvgIpc) is 2.88. The molecule has 0 amide bonds. The Morgan fingerprint density at radius 1 is 1.48 bits per heavy atom. The summed E-state index contributed by atoms with van der Waals surface area (Å²) in [5, 5.41) is 8.16. The number of likely N-dealkylation sites (N-methyl/N-ethyl adjacent to an activating group) is 1. The molecule has 0 fully saturated rings. The molecule has 1 atom stereocenters. The van der Waals surface area contributed by atoms with E-state index in [-0.39, 0.29) is 0 Å². The first-order valence-electron chi connectivity index (χ1n) is 7.60. The van der Waals surface area contributed by atoms with Crippen molar-refractivity contribution < 1.29 is 4.74 Å². The highest BCUT2D eigenvalue weighted by Gasteiger charge is 2.21. The maximum Gasteiger partial charge on any atom is 0.161 e. The highest BCUT2D eigenvalue weighted by molar-refractivity contribution is 7.98. The Kier molecular flexibility index (Phi) is 8.80. The van der Waals surface area contributed by atoms with Crippen molar-refractivity contribution in [3.63, 3.8) is 0 Å². The predicted octanol–water partition coefficient (Wildman–Crippen LogP) is 2.25. The van der Waals surface area contributed by atoms with Gasteiger partial charge in [0, 0.05) is 6.54 Å². The monoisotopic (exact) mass is 314 g/mol. The number of nitrogens with one attached hydrogen (secondary N) is 1. The summed E-state index contributed by atoms with van der Waals surface area (Å²) in [6.45, 7) is 5.07. The SMILES string of the molecule is CCCNC(CCSC)c1c(OC)cnn1CCN(C)C. The van der Waals surface area contributed by atoms with Gasteiger partial charge in [-0.15, -0.1) is 0 Å². The molecular weight excluding hydrogens is 284 g/mol. The second kappa shape index (κ2) is 10.1. The Hall–Kier alpha value is -0.720. The molecular formula is C15H30N4OS. The molecule has 0 aromatic carbocycles. The topological polar surface area (TPSA) is 42.3 Å². The summed E-state index contributed by atoms with van der Waals surface area (Å²) in [4.78, 5) is 2.17. The van der Waals surface area contributed by atoms with Crippen LogP contribution in [-0.2, 0) is 6.54 Å². The standard InChI is InChI=1S/C15H30N4OS/c1-6-8-16-13(7-11-21-5)15-14(20-4)12-17-19(15)10-9-18(2)3/h12-13,16H,6-11H2,1-5H3. The lowest BCUT2D eigenvalue weighted by molar-refractivity contribution is 0.352. The number of ether oxygens (including phenoxy) is 1. The summed E-state index contributed by atoms with van der Waals surface area (Å²) in [5.41, 5.74) is 1.18. The van der Waals surface area contributed by atoms with Gasteiger partial charge in [0.2, 0.25) is 0 Å². The van der Waals surface area contributed by atoms with Crippen molar-refractivity contribution in [2.75, 3.05) is 46.3 Å².